The average Bonchev–Trinajstić information content (AvgIpc) is 1.65. The van der Waals surface area contributed by atoms with Gasteiger partial charge < -0.3 is 4.85 Å². The van der Waals surface area contributed by atoms with E-state index in [1.54, 1.807) is 0 Å². The molecule has 0 aromatic rings. The van der Waals surface area contributed by atoms with E-state index >= 15 is 0 Å². The number of hydrogen-bond acceptors (Lipinski definition) is 0. The van der Waals surface area contributed by atoms with Gasteiger partial charge >= 0.3 is 5.92 Å². The molecule has 0 aromatic carbocycles. The van der Waals surface area contributed by atoms with Crippen LogP contribution in [0.15, 0.2) is 0 Å². The van der Waals surface area contributed by atoms with Gasteiger partial charge in [-0.05, 0) is 0 Å². The zero-order valence-electron chi connectivity index (χ0n) is 5.49. The Morgan fingerprint density at radius 1 is 1.56 bits per heavy atom. The van der Waals surface area contributed by atoms with Gasteiger partial charge in [-0.2, -0.15) is 8.78 Å². The molecule has 0 radical (unpaired) electrons. The fourth-order valence-corrected chi connectivity index (χ4v) is 0.288. The van der Waals surface area contributed by atoms with Crippen LogP contribution in [0.3, 0.4) is 0 Å². The van der Waals surface area contributed by atoms with Gasteiger partial charge in [0.1, 0.15) is 0 Å². The van der Waals surface area contributed by atoms with E-state index < -0.39 is 18.4 Å². The SMILES string of the molecule is [C-]#[N+]CC(F)(F)C(C)C. The van der Waals surface area contributed by atoms with Gasteiger partial charge in [-0.1, -0.05) is 13.8 Å². The summed E-state index contributed by atoms with van der Waals surface area (Å²) < 4.78 is 24.7. The molecular formula is C6H9F2N. The van der Waals surface area contributed by atoms with E-state index in [1.807, 2.05) is 0 Å². The van der Waals surface area contributed by atoms with Crippen molar-refractivity contribution in [2.24, 2.45) is 5.92 Å². The van der Waals surface area contributed by atoms with Crippen molar-refractivity contribution in [2.45, 2.75) is 19.8 Å². The maximum absolute atomic E-state index is 12.3. The number of hydrogen-bond donors (Lipinski definition) is 0. The van der Waals surface area contributed by atoms with Gasteiger partial charge in [0.2, 0.25) is 0 Å². The zero-order valence-corrected chi connectivity index (χ0v) is 5.49. The van der Waals surface area contributed by atoms with E-state index in [4.69, 9.17) is 6.57 Å². The highest BCUT2D eigenvalue weighted by atomic mass is 19.3. The third kappa shape index (κ3) is 2.41. The molecule has 1 nitrogen and oxygen atoms in total. The van der Waals surface area contributed by atoms with Crippen molar-refractivity contribution in [3.8, 4) is 0 Å². The minimum atomic E-state index is -2.80. The second-order valence-electron chi connectivity index (χ2n) is 2.23. The standard InChI is InChI=1S/C6H9F2N/c1-5(2)6(7,8)4-9-3/h5H,4H2,1-2H3. The first-order valence-electron chi connectivity index (χ1n) is 2.71. The smallest absolute Gasteiger partial charge is 0.310 e. The first-order valence-corrected chi connectivity index (χ1v) is 2.71. The Morgan fingerprint density at radius 3 is 2.11 bits per heavy atom. The average molecular weight is 133 g/mol. The molecule has 0 aliphatic heterocycles. The van der Waals surface area contributed by atoms with Crippen molar-refractivity contribution in [3.05, 3.63) is 11.4 Å². The summed E-state index contributed by atoms with van der Waals surface area (Å²) in [5, 5.41) is 0. The summed E-state index contributed by atoms with van der Waals surface area (Å²) in [6.45, 7) is 8.32. The molecule has 0 heterocycles. The highest BCUT2D eigenvalue weighted by Crippen LogP contribution is 2.23. The zero-order chi connectivity index (χ0) is 7.49. The summed E-state index contributed by atoms with van der Waals surface area (Å²) in [5.74, 6) is -3.53. The summed E-state index contributed by atoms with van der Waals surface area (Å²) in [6, 6.07) is 0. The lowest BCUT2D eigenvalue weighted by Crippen LogP contribution is -2.26. The first-order chi connectivity index (χ1) is 4.00. The molecule has 0 saturated heterocycles. The number of halogens is 2. The molecule has 0 aliphatic rings. The molecule has 0 unspecified atom stereocenters. The molecule has 0 amide bonds. The minimum absolute atomic E-state index is 0.690. The fraction of sp³-hybridized carbons (Fsp3) is 0.833. The topological polar surface area (TPSA) is 4.36 Å². The highest BCUT2D eigenvalue weighted by Gasteiger charge is 2.36. The van der Waals surface area contributed by atoms with E-state index in [-0.39, 0.29) is 0 Å². The Morgan fingerprint density at radius 2 is 2.00 bits per heavy atom. The number of alkyl halides is 2. The molecule has 0 aromatic heterocycles. The molecule has 3 heteroatoms. The normalized spacial score (nSPS) is 11.6. The molecule has 0 N–H and O–H groups in total. The van der Waals surface area contributed by atoms with E-state index in [0.29, 0.717) is 0 Å². The van der Waals surface area contributed by atoms with Gasteiger partial charge in [0.25, 0.3) is 6.54 Å². The van der Waals surface area contributed by atoms with Gasteiger partial charge in [-0.25, -0.2) is 6.57 Å². The summed E-state index contributed by atoms with van der Waals surface area (Å²) in [4.78, 5) is 2.63. The molecule has 0 atom stereocenters. The molecule has 52 valence electrons. The van der Waals surface area contributed by atoms with Crippen LogP contribution in [0.1, 0.15) is 13.8 Å². The lowest BCUT2D eigenvalue weighted by Gasteiger charge is -2.12. The van der Waals surface area contributed by atoms with Gasteiger partial charge in [-0.15, -0.1) is 0 Å². The van der Waals surface area contributed by atoms with Crippen molar-refractivity contribution in [2.75, 3.05) is 6.54 Å². The highest BCUT2D eigenvalue weighted by molar-refractivity contribution is 4.79. The Labute approximate surface area is 53.5 Å². The number of rotatable bonds is 2. The Hall–Kier alpha value is -0.650. The Kier molecular flexibility index (Phi) is 2.57. The van der Waals surface area contributed by atoms with E-state index in [0.717, 1.165) is 0 Å². The Balaban J connectivity index is 3.89. The third-order valence-electron chi connectivity index (χ3n) is 1.13. The second kappa shape index (κ2) is 2.77. The van der Waals surface area contributed by atoms with Crippen molar-refractivity contribution in [1.29, 1.82) is 0 Å². The monoisotopic (exact) mass is 133 g/mol. The maximum Gasteiger partial charge on any atom is 0.320 e. The van der Waals surface area contributed by atoms with E-state index in [9.17, 15) is 8.78 Å². The molecular weight excluding hydrogens is 124 g/mol. The van der Waals surface area contributed by atoms with E-state index in [2.05, 4.69) is 4.85 Å². The van der Waals surface area contributed by atoms with E-state index in [1.165, 1.54) is 13.8 Å². The largest absolute Gasteiger partial charge is 0.320 e. The van der Waals surface area contributed by atoms with Crippen molar-refractivity contribution >= 4 is 0 Å². The predicted octanol–water partition coefficient (Wildman–Crippen LogP) is 2.20. The second-order valence-corrected chi connectivity index (χ2v) is 2.23. The van der Waals surface area contributed by atoms with Crippen LogP contribution >= 0.6 is 0 Å². The van der Waals surface area contributed by atoms with Gasteiger partial charge in [0, 0.05) is 5.92 Å². The van der Waals surface area contributed by atoms with Crippen LogP contribution < -0.4 is 0 Å². The minimum Gasteiger partial charge on any atom is -0.310 e. The summed E-state index contributed by atoms with van der Waals surface area (Å²) >= 11 is 0. The molecule has 0 spiro atoms. The molecule has 0 rings (SSSR count). The lowest BCUT2D eigenvalue weighted by atomic mass is 10.1. The quantitative estimate of drug-likeness (QED) is 0.508. The van der Waals surface area contributed by atoms with Crippen LogP contribution in [0.25, 0.3) is 4.85 Å². The van der Waals surface area contributed by atoms with Crippen LogP contribution in [0.5, 0.6) is 0 Å². The lowest BCUT2D eigenvalue weighted by molar-refractivity contribution is -0.0278. The van der Waals surface area contributed by atoms with Crippen molar-refractivity contribution < 1.29 is 8.78 Å². The Bertz CT molecular complexity index is 124. The molecule has 0 fully saturated rings. The summed E-state index contributed by atoms with van der Waals surface area (Å²) in [7, 11) is 0. The first kappa shape index (κ1) is 8.35. The molecule has 0 bridgehead atoms. The van der Waals surface area contributed by atoms with Crippen LogP contribution in [0, 0.1) is 12.5 Å². The van der Waals surface area contributed by atoms with Crippen LogP contribution in [-0.2, 0) is 0 Å². The maximum atomic E-state index is 12.3. The van der Waals surface area contributed by atoms with Crippen LogP contribution in [0.4, 0.5) is 8.78 Å². The van der Waals surface area contributed by atoms with Crippen LogP contribution in [-0.4, -0.2) is 12.5 Å². The predicted molar refractivity (Wildman–Crippen MR) is 31.3 cm³/mol. The third-order valence-corrected chi connectivity index (χ3v) is 1.13. The molecule has 9 heavy (non-hydrogen) atoms. The summed E-state index contributed by atoms with van der Waals surface area (Å²) in [5.41, 5.74) is 0. The van der Waals surface area contributed by atoms with Gasteiger partial charge in [0.15, 0.2) is 0 Å². The fourth-order valence-electron chi connectivity index (χ4n) is 0.288. The van der Waals surface area contributed by atoms with Crippen molar-refractivity contribution in [3.63, 3.8) is 0 Å². The number of nitrogens with zero attached hydrogens (tertiary/aromatic N) is 1. The van der Waals surface area contributed by atoms with Gasteiger partial charge in [0.05, 0.1) is 0 Å². The molecule has 0 aliphatic carbocycles. The van der Waals surface area contributed by atoms with Gasteiger partial charge in [-0.3, -0.25) is 0 Å². The molecule has 0 saturated carbocycles. The van der Waals surface area contributed by atoms with Crippen LogP contribution in [0.2, 0.25) is 0 Å². The summed E-state index contributed by atoms with van der Waals surface area (Å²) in [6.07, 6.45) is 0. The van der Waals surface area contributed by atoms with Crippen molar-refractivity contribution in [1.82, 2.24) is 0 Å².